The molecule has 0 radical (unpaired) electrons. The number of fused-ring (bicyclic) bond motifs is 1. The Balaban J connectivity index is 1.39. The maximum Gasteiger partial charge on any atom is 0.229 e. The number of H-pyrrole nitrogens is 1. The molecule has 0 bridgehead atoms. The van der Waals surface area contributed by atoms with Gasteiger partial charge in [0.05, 0.1) is 11.4 Å². The van der Waals surface area contributed by atoms with Gasteiger partial charge in [0.25, 0.3) is 0 Å². The summed E-state index contributed by atoms with van der Waals surface area (Å²) in [6.45, 7) is 0.896. The monoisotopic (exact) mass is 349 g/mol. The van der Waals surface area contributed by atoms with Gasteiger partial charge in [-0.2, -0.15) is 5.10 Å². The summed E-state index contributed by atoms with van der Waals surface area (Å²) in [7, 11) is 0. The second-order valence-electron chi connectivity index (χ2n) is 6.39. The van der Waals surface area contributed by atoms with Gasteiger partial charge in [-0.1, -0.05) is 12.1 Å². The third kappa shape index (κ3) is 3.15. The molecular weight excluding hydrogens is 330 g/mol. The van der Waals surface area contributed by atoms with E-state index in [1.807, 2.05) is 36.4 Å². The molecule has 2 aromatic heterocycles. The molecule has 2 N–H and O–H groups in total. The Morgan fingerprint density at radius 2 is 2.04 bits per heavy atom. The first kappa shape index (κ1) is 16.3. The van der Waals surface area contributed by atoms with Crippen molar-refractivity contribution in [3.8, 4) is 0 Å². The molecule has 0 saturated carbocycles. The fourth-order valence-corrected chi connectivity index (χ4v) is 3.27. The number of carbonyl (C=O) groups is 2. The van der Waals surface area contributed by atoms with Crippen molar-refractivity contribution in [3.05, 3.63) is 54.4 Å². The molecule has 1 aromatic carbocycles. The van der Waals surface area contributed by atoms with E-state index in [1.54, 1.807) is 17.3 Å². The Kier molecular flexibility index (Phi) is 4.35. The minimum Gasteiger partial charge on any atom is -0.355 e. The van der Waals surface area contributed by atoms with Gasteiger partial charge in [0.2, 0.25) is 11.8 Å². The van der Waals surface area contributed by atoms with Crippen molar-refractivity contribution in [1.29, 1.82) is 0 Å². The van der Waals surface area contributed by atoms with Crippen molar-refractivity contribution >= 4 is 28.5 Å². The van der Waals surface area contributed by atoms with Crippen LogP contribution in [0.3, 0.4) is 0 Å². The third-order valence-corrected chi connectivity index (χ3v) is 4.66. The molecule has 4 rings (SSSR count). The van der Waals surface area contributed by atoms with Crippen LogP contribution in [0.5, 0.6) is 0 Å². The zero-order chi connectivity index (χ0) is 17.9. The summed E-state index contributed by atoms with van der Waals surface area (Å²) in [5.74, 6) is 0.0828. The molecule has 7 nitrogen and oxygen atoms in total. The van der Waals surface area contributed by atoms with Crippen LogP contribution in [0.25, 0.3) is 10.9 Å². The second kappa shape index (κ2) is 6.95. The maximum absolute atomic E-state index is 12.4. The molecule has 2 amide bonds. The predicted molar refractivity (Wildman–Crippen MR) is 97.5 cm³/mol. The Morgan fingerprint density at radius 3 is 2.88 bits per heavy atom. The molecule has 1 saturated heterocycles. The van der Waals surface area contributed by atoms with Gasteiger partial charge in [-0.05, 0) is 36.2 Å². The topological polar surface area (TPSA) is 91.0 Å². The van der Waals surface area contributed by atoms with Crippen LogP contribution in [-0.4, -0.2) is 40.1 Å². The average Bonchev–Trinajstić information content (AvgIpc) is 3.26. The SMILES string of the molecule is O=C(NCCc1ccncc1)C1CC(=O)N(c2n[nH]c3ccccc23)C1. The lowest BCUT2D eigenvalue weighted by molar-refractivity contribution is -0.126. The van der Waals surface area contributed by atoms with E-state index in [0.29, 0.717) is 18.9 Å². The van der Waals surface area contributed by atoms with Crippen LogP contribution in [0.1, 0.15) is 12.0 Å². The van der Waals surface area contributed by atoms with Crippen LogP contribution < -0.4 is 10.2 Å². The summed E-state index contributed by atoms with van der Waals surface area (Å²) in [6, 6.07) is 11.5. The Bertz CT molecular complexity index is 937. The summed E-state index contributed by atoms with van der Waals surface area (Å²) in [5.41, 5.74) is 1.99. The van der Waals surface area contributed by atoms with Crippen molar-refractivity contribution in [2.75, 3.05) is 18.0 Å². The van der Waals surface area contributed by atoms with E-state index in [1.165, 1.54) is 0 Å². The van der Waals surface area contributed by atoms with E-state index in [-0.39, 0.29) is 24.2 Å². The van der Waals surface area contributed by atoms with Crippen molar-refractivity contribution in [2.45, 2.75) is 12.8 Å². The van der Waals surface area contributed by atoms with Gasteiger partial charge in [-0.15, -0.1) is 0 Å². The number of aromatic amines is 1. The molecule has 3 heterocycles. The number of benzene rings is 1. The fraction of sp³-hybridized carbons (Fsp3) is 0.263. The number of para-hydroxylation sites is 1. The third-order valence-electron chi connectivity index (χ3n) is 4.66. The van der Waals surface area contributed by atoms with E-state index in [2.05, 4.69) is 20.5 Å². The molecule has 3 aromatic rings. The standard InChI is InChI=1S/C19H19N5O2/c25-17-11-14(19(26)21-10-7-13-5-8-20-9-6-13)12-24(17)18-15-3-1-2-4-16(15)22-23-18/h1-6,8-9,14H,7,10-12H2,(H,21,26)(H,22,23). The maximum atomic E-state index is 12.4. The highest BCUT2D eigenvalue weighted by molar-refractivity contribution is 6.05. The van der Waals surface area contributed by atoms with E-state index >= 15 is 0 Å². The van der Waals surface area contributed by atoms with Crippen LogP contribution >= 0.6 is 0 Å². The number of pyridine rings is 1. The number of nitrogens with zero attached hydrogens (tertiary/aromatic N) is 3. The number of anilines is 1. The second-order valence-corrected chi connectivity index (χ2v) is 6.39. The van der Waals surface area contributed by atoms with Crippen LogP contribution in [-0.2, 0) is 16.0 Å². The Hall–Kier alpha value is -3.22. The van der Waals surface area contributed by atoms with Gasteiger partial charge in [-0.25, -0.2) is 0 Å². The van der Waals surface area contributed by atoms with Crippen molar-refractivity contribution in [3.63, 3.8) is 0 Å². The van der Waals surface area contributed by atoms with Gasteiger partial charge in [0, 0.05) is 37.3 Å². The Labute approximate surface area is 150 Å². The van der Waals surface area contributed by atoms with Crippen LogP contribution in [0, 0.1) is 5.92 Å². The van der Waals surface area contributed by atoms with Crippen molar-refractivity contribution in [1.82, 2.24) is 20.5 Å². The molecule has 0 spiro atoms. The average molecular weight is 349 g/mol. The highest BCUT2D eigenvalue weighted by Crippen LogP contribution is 2.29. The lowest BCUT2D eigenvalue weighted by Crippen LogP contribution is -2.34. The zero-order valence-corrected chi connectivity index (χ0v) is 14.2. The summed E-state index contributed by atoms with van der Waals surface area (Å²) in [5, 5.41) is 11.0. The predicted octanol–water partition coefficient (Wildman–Crippen LogP) is 1.67. The number of rotatable bonds is 5. The van der Waals surface area contributed by atoms with E-state index in [4.69, 9.17) is 0 Å². The number of hydrogen-bond donors (Lipinski definition) is 2. The van der Waals surface area contributed by atoms with Crippen LogP contribution in [0.15, 0.2) is 48.8 Å². The van der Waals surface area contributed by atoms with Gasteiger partial charge in [-0.3, -0.25) is 24.6 Å². The molecule has 1 unspecified atom stereocenters. The van der Waals surface area contributed by atoms with Gasteiger partial charge < -0.3 is 5.32 Å². The van der Waals surface area contributed by atoms with Gasteiger partial charge >= 0.3 is 0 Å². The zero-order valence-electron chi connectivity index (χ0n) is 14.2. The normalized spacial score (nSPS) is 17.0. The summed E-state index contributed by atoms with van der Waals surface area (Å²) < 4.78 is 0. The molecule has 26 heavy (non-hydrogen) atoms. The van der Waals surface area contributed by atoms with Crippen LogP contribution in [0.4, 0.5) is 5.82 Å². The largest absolute Gasteiger partial charge is 0.355 e. The molecule has 132 valence electrons. The highest BCUT2D eigenvalue weighted by Gasteiger charge is 2.36. The quantitative estimate of drug-likeness (QED) is 0.733. The number of carbonyl (C=O) groups excluding carboxylic acids is 2. The molecule has 1 aliphatic heterocycles. The minimum absolute atomic E-state index is 0.0727. The fourth-order valence-electron chi connectivity index (χ4n) is 3.27. The number of aromatic nitrogens is 3. The summed E-state index contributed by atoms with van der Waals surface area (Å²) in [4.78, 5) is 30.4. The lowest BCUT2D eigenvalue weighted by Gasteiger charge is -2.14. The van der Waals surface area contributed by atoms with E-state index < -0.39 is 0 Å². The first-order valence-electron chi connectivity index (χ1n) is 8.62. The summed E-state index contributed by atoms with van der Waals surface area (Å²) >= 11 is 0. The minimum atomic E-state index is -0.351. The summed E-state index contributed by atoms with van der Waals surface area (Å²) in [6.07, 6.45) is 4.42. The smallest absolute Gasteiger partial charge is 0.229 e. The van der Waals surface area contributed by atoms with Gasteiger partial charge in [0.1, 0.15) is 0 Å². The van der Waals surface area contributed by atoms with Crippen molar-refractivity contribution in [2.24, 2.45) is 5.92 Å². The van der Waals surface area contributed by atoms with E-state index in [0.717, 1.165) is 22.9 Å². The van der Waals surface area contributed by atoms with Crippen molar-refractivity contribution < 1.29 is 9.59 Å². The number of hydrogen-bond acceptors (Lipinski definition) is 4. The highest BCUT2D eigenvalue weighted by atomic mass is 16.2. The number of amides is 2. The number of nitrogens with one attached hydrogen (secondary N) is 2. The van der Waals surface area contributed by atoms with Gasteiger partial charge in [0.15, 0.2) is 5.82 Å². The molecule has 7 heteroatoms. The van der Waals surface area contributed by atoms with Crippen LogP contribution in [0.2, 0.25) is 0 Å². The molecule has 1 atom stereocenters. The lowest BCUT2D eigenvalue weighted by atomic mass is 10.1. The Morgan fingerprint density at radius 1 is 1.23 bits per heavy atom. The first-order chi connectivity index (χ1) is 12.7. The molecule has 1 aliphatic rings. The molecule has 1 fully saturated rings. The molecule has 0 aliphatic carbocycles. The molecular formula is C19H19N5O2. The first-order valence-corrected chi connectivity index (χ1v) is 8.62. The van der Waals surface area contributed by atoms with E-state index in [9.17, 15) is 9.59 Å².